The van der Waals surface area contributed by atoms with E-state index < -0.39 is 0 Å². The van der Waals surface area contributed by atoms with Gasteiger partial charge in [-0.2, -0.15) is 36.6 Å². The Morgan fingerprint density at radius 2 is 1.48 bits per heavy atom. The van der Waals surface area contributed by atoms with Crippen molar-refractivity contribution >= 4 is 71.5 Å². The quantitative estimate of drug-likeness (QED) is 0.616. The molecular weight excluding hydrogens is 377 g/mol. The van der Waals surface area contributed by atoms with Crippen LogP contribution < -0.4 is 4.74 Å². The maximum atomic E-state index is 5.00. The lowest BCUT2D eigenvalue weighted by atomic mass is 10.4. The van der Waals surface area contributed by atoms with E-state index in [0.29, 0.717) is 0 Å². The Morgan fingerprint density at radius 1 is 0.952 bits per heavy atom. The van der Waals surface area contributed by atoms with Crippen molar-refractivity contribution < 1.29 is 4.74 Å². The number of rotatable bonds is 2. The second-order valence-corrected chi connectivity index (χ2v) is 8.52. The van der Waals surface area contributed by atoms with Gasteiger partial charge in [-0.3, -0.25) is 0 Å². The van der Waals surface area contributed by atoms with Crippen LogP contribution in [-0.2, 0) is 0 Å². The first-order chi connectivity index (χ1) is 10.2. The lowest BCUT2D eigenvalue weighted by molar-refractivity contribution is 0.414. The van der Waals surface area contributed by atoms with Crippen molar-refractivity contribution in [2.24, 2.45) is 0 Å². The molecule has 2 aromatic rings. The van der Waals surface area contributed by atoms with Crippen molar-refractivity contribution in [1.82, 2.24) is 0 Å². The Balaban J connectivity index is 0.000000171. The molecule has 0 amide bonds. The first-order valence-electron chi connectivity index (χ1n) is 6.33. The number of hydrogen-bond donors (Lipinski definition) is 2. The molecule has 118 valence electrons. The molecule has 0 saturated carbocycles. The molecule has 21 heavy (non-hydrogen) atoms. The average Bonchev–Trinajstić information content (AvgIpc) is 3.16. The number of thiol groups is 2. The molecule has 0 fully saturated rings. The molecular formula is C14H20OS6. The van der Waals surface area contributed by atoms with Crippen molar-refractivity contribution in [2.75, 3.05) is 30.1 Å². The van der Waals surface area contributed by atoms with E-state index in [1.54, 1.807) is 18.4 Å². The molecule has 0 N–H and O–H groups in total. The fourth-order valence-corrected chi connectivity index (χ4v) is 5.60. The summed E-state index contributed by atoms with van der Waals surface area (Å²) in [5.74, 6) is 5.32. The number of aryl methyl sites for hydroxylation is 1. The van der Waals surface area contributed by atoms with Gasteiger partial charge in [-0.1, -0.05) is 0 Å². The summed E-state index contributed by atoms with van der Waals surface area (Å²) in [5.41, 5.74) is 1.22. The van der Waals surface area contributed by atoms with E-state index in [9.17, 15) is 0 Å². The zero-order chi connectivity index (χ0) is 15.5. The summed E-state index contributed by atoms with van der Waals surface area (Å²) in [6.45, 7) is 2.04. The molecule has 1 aliphatic rings. The van der Waals surface area contributed by atoms with E-state index in [1.165, 1.54) is 26.9 Å². The van der Waals surface area contributed by atoms with Crippen molar-refractivity contribution in [3.63, 3.8) is 0 Å². The van der Waals surface area contributed by atoms with E-state index in [2.05, 4.69) is 41.4 Å². The van der Waals surface area contributed by atoms with Crippen LogP contribution in [0.15, 0.2) is 31.3 Å². The van der Waals surface area contributed by atoms with Gasteiger partial charge in [0.05, 0.1) is 7.11 Å². The van der Waals surface area contributed by atoms with E-state index in [-0.39, 0.29) is 0 Å². The monoisotopic (exact) mass is 396 g/mol. The second-order valence-electron chi connectivity index (χ2n) is 3.87. The Morgan fingerprint density at radius 3 is 1.81 bits per heavy atom. The van der Waals surface area contributed by atoms with Crippen molar-refractivity contribution in [3.05, 3.63) is 27.1 Å². The van der Waals surface area contributed by atoms with Crippen molar-refractivity contribution in [2.45, 2.75) is 16.7 Å². The highest BCUT2D eigenvalue weighted by molar-refractivity contribution is 8.05. The highest BCUT2D eigenvalue weighted by atomic mass is 32.2. The predicted molar refractivity (Wildman–Crippen MR) is 109 cm³/mol. The number of thiophene rings is 2. The van der Waals surface area contributed by atoms with Gasteiger partial charge in [0, 0.05) is 43.0 Å². The molecule has 0 bridgehead atoms. The Hall–Kier alpha value is 0.600. The lowest BCUT2D eigenvalue weighted by Crippen LogP contribution is -1.89. The summed E-state index contributed by atoms with van der Waals surface area (Å²) >= 11 is 15.1. The Labute approximate surface area is 155 Å². The van der Waals surface area contributed by atoms with Crippen LogP contribution in [0.5, 0.6) is 5.75 Å². The minimum absolute atomic E-state index is 0.878. The van der Waals surface area contributed by atoms with Crippen molar-refractivity contribution in [1.29, 1.82) is 0 Å². The number of fused-ring (bicyclic) bond motifs is 1. The normalized spacial score (nSPS) is 12.4. The first kappa shape index (κ1) is 19.6. The highest BCUT2D eigenvalue weighted by Gasteiger charge is 2.09. The van der Waals surface area contributed by atoms with Crippen LogP contribution in [-0.4, -0.2) is 30.1 Å². The summed E-state index contributed by atoms with van der Waals surface area (Å²) in [6, 6.07) is 0. The van der Waals surface area contributed by atoms with Gasteiger partial charge < -0.3 is 4.74 Å². The lowest BCUT2D eigenvalue weighted by Gasteiger charge is -2.07. The fourth-order valence-electron chi connectivity index (χ4n) is 1.35. The third-order valence-electron chi connectivity index (χ3n) is 2.32. The molecule has 0 aromatic carbocycles. The van der Waals surface area contributed by atoms with E-state index in [4.69, 9.17) is 4.74 Å². The number of methoxy groups -OCH3 is 1. The molecule has 0 atom stereocenters. The second kappa shape index (κ2) is 12.1. The zero-order valence-electron chi connectivity index (χ0n) is 12.1. The SMILES string of the molecule is COc1cscc1C.SCCS.c1scc2c1SCCS2. The largest absolute Gasteiger partial charge is 0.496 e. The smallest absolute Gasteiger partial charge is 0.132 e. The molecule has 1 nitrogen and oxygen atoms in total. The van der Waals surface area contributed by atoms with Gasteiger partial charge in [-0.05, 0) is 23.8 Å². The first-order valence-corrected chi connectivity index (χ1v) is 11.4. The van der Waals surface area contributed by atoms with Gasteiger partial charge in [0.15, 0.2) is 0 Å². The average molecular weight is 397 g/mol. The summed E-state index contributed by atoms with van der Waals surface area (Å²) in [7, 11) is 1.69. The zero-order valence-corrected chi connectivity index (χ0v) is 17.1. The molecule has 7 heteroatoms. The van der Waals surface area contributed by atoms with Crippen LogP contribution in [0.2, 0.25) is 0 Å². The molecule has 1 aliphatic heterocycles. The topological polar surface area (TPSA) is 9.23 Å². The van der Waals surface area contributed by atoms with Gasteiger partial charge in [0.25, 0.3) is 0 Å². The van der Waals surface area contributed by atoms with Gasteiger partial charge in [-0.25, -0.2) is 0 Å². The Bertz CT molecular complexity index is 471. The number of thioether (sulfide) groups is 2. The maximum absolute atomic E-state index is 5.00. The molecule has 2 aromatic heterocycles. The predicted octanol–water partition coefficient (Wildman–Crippen LogP) is 5.86. The molecule has 0 radical (unpaired) electrons. The van der Waals surface area contributed by atoms with E-state index >= 15 is 0 Å². The summed E-state index contributed by atoms with van der Waals surface area (Å²) in [6.07, 6.45) is 0. The maximum Gasteiger partial charge on any atom is 0.132 e. The van der Waals surface area contributed by atoms with E-state index in [0.717, 1.165) is 17.3 Å². The molecule has 0 saturated heterocycles. The Kier molecular flexibility index (Phi) is 11.3. The third kappa shape index (κ3) is 7.61. The summed E-state index contributed by atoms with van der Waals surface area (Å²) in [5, 5.41) is 8.55. The fraction of sp³-hybridized carbons (Fsp3) is 0.429. The van der Waals surface area contributed by atoms with Gasteiger partial charge in [0.1, 0.15) is 5.75 Å². The minimum atomic E-state index is 0.878. The number of hydrogen-bond acceptors (Lipinski definition) is 7. The highest BCUT2D eigenvalue weighted by Crippen LogP contribution is 2.38. The van der Waals surface area contributed by atoms with Gasteiger partial charge >= 0.3 is 0 Å². The molecule has 3 heterocycles. The molecule has 0 unspecified atom stereocenters. The van der Waals surface area contributed by atoms with Gasteiger partial charge in [0.2, 0.25) is 0 Å². The molecule has 0 spiro atoms. The standard InChI is InChI=1S/C6H8OS.C6H6S3.C2H6S2/c1-5-3-8-4-6(5)7-2;1-2-9-6-4-7-3-5(6)8-1;3-1-2-4/h3-4H,1-2H3;3-4H,1-2H2;3-4H,1-2H2. The van der Waals surface area contributed by atoms with E-state index in [1.807, 2.05) is 47.2 Å². The minimum Gasteiger partial charge on any atom is -0.496 e. The van der Waals surface area contributed by atoms with Crippen LogP contribution >= 0.6 is 71.5 Å². The van der Waals surface area contributed by atoms with Crippen LogP contribution in [0.1, 0.15) is 5.56 Å². The summed E-state index contributed by atoms with van der Waals surface area (Å²) in [4.78, 5) is 2.99. The van der Waals surface area contributed by atoms with Crippen molar-refractivity contribution in [3.8, 4) is 5.75 Å². The van der Waals surface area contributed by atoms with Crippen LogP contribution in [0.25, 0.3) is 0 Å². The van der Waals surface area contributed by atoms with Crippen LogP contribution in [0.4, 0.5) is 0 Å². The summed E-state index contributed by atoms with van der Waals surface area (Å²) < 4.78 is 5.00. The number of ether oxygens (including phenoxy) is 1. The third-order valence-corrected chi connectivity index (χ3v) is 7.50. The van der Waals surface area contributed by atoms with Crippen LogP contribution in [0, 0.1) is 6.92 Å². The molecule has 0 aliphatic carbocycles. The van der Waals surface area contributed by atoms with Crippen LogP contribution in [0.3, 0.4) is 0 Å². The van der Waals surface area contributed by atoms with Gasteiger partial charge in [-0.15, -0.1) is 34.9 Å². The molecule has 3 rings (SSSR count).